The molecule has 0 aliphatic heterocycles. The number of hydrogen-bond donors (Lipinski definition) is 0. The van der Waals surface area contributed by atoms with E-state index in [1.54, 1.807) is 0 Å². The van der Waals surface area contributed by atoms with Crippen LogP contribution in [-0.4, -0.2) is 16.1 Å². The molecular formula is C11H26Si2. The van der Waals surface area contributed by atoms with Gasteiger partial charge in [-0.1, -0.05) is 53.5 Å². The Hall–Kier alpha value is 0.174. The normalized spacial score (nSPS) is 15.4. The summed E-state index contributed by atoms with van der Waals surface area (Å²) < 4.78 is 0. The van der Waals surface area contributed by atoms with Gasteiger partial charge in [-0.15, -0.1) is 11.4 Å². The van der Waals surface area contributed by atoms with Gasteiger partial charge in [0.1, 0.15) is 0 Å². The highest BCUT2D eigenvalue weighted by Gasteiger charge is 2.32. The van der Waals surface area contributed by atoms with E-state index in [1.165, 1.54) is 0 Å². The fraction of sp³-hybridized carbons (Fsp3) is 0.818. The predicted octanol–water partition coefficient (Wildman–Crippen LogP) is 4.47. The molecule has 0 saturated carbocycles. The molecule has 13 heavy (non-hydrogen) atoms. The summed E-state index contributed by atoms with van der Waals surface area (Å²) in [5, 5.41) is 0.489. The summed E-state index contributed by atoms with van der Waals surface area (Å²) in [4.78, 5) is 0. The van der Waals surface area contributed by atoms with Crippen molar-refractivity contribution >= 4 is 16.1 Å². The molecule has 0 aromatic carbocycles. The van der Waals surface area contributed by atoms with Crippen molar-refractivity contribution in [2.24, 2.45) is 0 Å². The Balaban J connectivity index is 4.62. The molecule has 2 heteroatoms. The van der Waals surface area contributed by atoms with E-state index in [2.05, 4.69) is 64.9 Å². The molecule has 0 N–H and O–H groups in total. The largest absolute Gasteiger partial charge is 0.103 e. The Morgan fingerprint density at radius 3 is 1.38 bits per heavy atom. The molecule has 0 aromatic heterocycles. The van der Waals surface area contributed by atoms with Crippen LogP contribution in [-0.2, 0) is 0 Å². The molecule has 0 heterocycles. The van der Waals surface area contributed by atoms with Crippen molar-refractivity contribution in [3.8, 4) is 0 Å². The van der Waals surface area contributed by atoms with E-state index in [4.69, 9.17) is 0 Å². The molecule has 0 aliphatic rings. The average molecular weight is 215 g/mol. The quantitative estimate of drug-likeness (QED) is 0.595. The lowest BCUT2D eigenvalue weighted by Crippen LogP contribution is -2.36. The third-order valence-corrected chi connectivity index (χ3v) is 9.30. The van der Waals surface area contributed by atoms with Crippen LogP contribution in [0.25, 0.3) is 0 Å². The molecule has 0 spiro atoms. The van der Waals surface area contributed by atoms with E-state index in [9.17, 15) is 0 Å². The fourth-order valence-corrected chi connectivity index (χ4v) is 4.88. The van der Waals surface area contributed by atoms with Crippen LogP contribution in [0.15, 0.2) is 11.4 Å². The van der Waals surface area contributed by atoms with Crippen molar-refractivity contribution in [3.63, 3.8) is 0 Å². The first kappa shape index (κ1) is 13.2. The predicted molar refractivity (Wildman–Crippen MR) is 69.7 cm³/mol. The highest BCUT2D eigenvalue weighted by atomic mass is 28.3. The highest BCUT2D eigenvalue weighted by molar-refractivity contribution is 6.88. The van der Waals surface area contributed by atoms with Gasteiger partial charge in [-0.3, -0.25) is 0 Å². The van der Waals surface area contributed by atoms with Gasteiger partial charge in [0, 0.05) is 0 Å². The fourth-order valence-electron chi connectivity index (χ4n) is 0.708. The van der Waals surface area contributed by atoms with Crippen molar-refractivity contribution < 1.29 is 0 Å². The van der Waals surface area contributed by atoms with Crippen LogP contribution in [0, 0.1) is 0 Å². The number of rotatable bonds is 2. The first-order chi connectivity index (χ1) is 5.46. The van der Waals surface area contributed by atoms with Crippen LogP contribution < -0.4 is 0 Å². The van der Waals surface area contributed by atoms with Gasteiger partial charge in [0.2, 0.25) is 0 Å². The minimum absolute atomic E-state index is 0.489. The van der Waals surface area contributed by atoms with E-state index in [0.717, 1.165) is 0 Å². The van der Waals surface area contributed by atoms with Gasteiger partial charge in [-0.25, -0.2) is 0 Å². The lowest BCUT2D eigenvalue weighted by Gasteiger charge is -2.34. The smallest absolute Gasteiger partial charge is 0.0761 e. The van der Waals surface area contributed by atoms with Crippen molar-refractivity contribution in [1.82, 2.24) is 0 Å². The summed E-state index contributed by atoms with van der Waals surface area (Å²) in [6, 6.07) is 0. The summed E-state index contributed by atoms with van der Waals surface area (Å²) in [5.74, 6) is 0. The van der Waals surface area contributed by atoms with E-state index in [1.807, 2.05) is 0 Å². The molecule has 0 saturated heterocycles. The van der Waals surface area contributed by atoms with E-state index in [-0.39, 0.29) is 0 Å². The summed E-state index contributed by atoms with van der Waals surface area (Å²) in [6.45, 7) is 19.2. The van der Waals surface area contributed by atoms with Crippen molar-refractivity contribution in [1.29, 1.82) is 0 Å². The van der Waals surface area contributed by atoms with E-state index < -0.39 is 16.1 Å². The zero-order valence-electron chi connectivity index (χ0n) is 10.7. The summed E-state index contributed by atoms with van der Waals surface area (Å²) >= 11 is 0. The van der Waals surface area contributed by atoms with Crippen LogP contribution >= 0.6 is 0 Å². The second-order valence-electron chi connectivity index (χ2n) is 6.67. The van der Waals surface area contributed by atoms with Gasteiger partial charge in [-0.05, 0) is 5.04 Å². The molecule has 0 amide bonds. The molecule has 0 atom stereocenters. The topological polar surface area (TPSA) is 0 Å². The Bertz CT molecular complexity index is 189. The Morgan fingerprint density at radius 1 is 0.769 bits per heavy atom. The molecule has 0 aromatic rings. The van der Waals surface area contributed by atoms with Crippen molar-refractivity contribution in [2.75, 3.05) is 0 Å². The zero-order valence-corrected chi connectivity index (χ0v) is 12.7. The summed E-state index contributed by atoms with van der Waals surface area (Å²) in [5.41, 5.74) is 5.07. The summed E-state index contributed by atoms with van der Waals surface area (Å²) in [7, 11) is -2.15. The second kappa shape index (κ2) is 3.73. The number of hydrogen-bond acceptors (Lipinski definition) is 0. The second-order valence-corrected chi connectivity index (χ2v) is 17.0. The lowest BCUT2D eigenvalue weighted by atomic mass is 10.2. The van der Waals surface area contributed by atoms with Crippen molar-refractivity contribution in [2.45, 2.75) is 58.5 Å². The van der Waals surface area contributed by atoms with Gasteiger partial charge in [0.25, 0.3) is 0 Å². The SMILES string of the molecule is CC(C)(C)[Si](C)(C)/C=C/[Si](C)(C)C. The van der Waals surface area contributed by atoms with Gasteiger partial charge in [-0.2, -0.15) is 0 Å². The first-order valence-corrected chi connectivity index (χ1v) is 11.8. The van der Waals surface area contributed by atoms with Gasteiger partial charge in [0.15, 0.2) is 0 Å². The third-order valence-electron chi connectivity index (χ3n) is 2.93. The maximum atomic E-state index is 2.55. The molecule has 0 rings (SSSR count). The minimum Gasteiger partial charge on any atom is -0.103 e. The van der Waals surface area contributed by atoms with Crippen molar-refractivity contribution in [3.05, 3.63) is 11.4 Å². The van der Waals surface area contributed by atoms with Crippen LogP contribution in [0.1, 0.15) is 20.8 Å². The highest BCUT2D eigenvalue weighted by Crippen LogP contribution is 2.36. The molecule has 0 fully saturated rings. The van der Waals surface area contributed by atoms with Crippen LogP contribution in [0.4, 0.5) is 0 Å². The minimum atomic E-state index is -1.16. The maximum Gasteiger partial charge on any atom is 0.0761 e. The first-order valence-electron chi connectivity index (χ1n) is 5.16. The standard InChI is InChI=1S/C11H26Si2/c1-11(2,3)13(7,8)10-9-12(4,5)6/h9-10H,1-8H3/b10-9+. The Labute approximate surface area is 86.5 Å². The van der Waals surface area contributed by atoms with Gasteiger partial charge in [0.05, 0.1) is 16.1 Å². The van der Waals surface area contributed by atoms with E-state index >= 15 is 0 Å². The molecular weight excluding hydrogens is 188 g/mol. The third kappa shape index (κ3) is 4.82. The molecule has 0 radical (unpaired) electrons. The monoisotopic (exact) mass is 214 g/mol. The average Bonchev–Trinajstić information content (AvgIpc) is 1.79. The molecule has 0 aliphatic carbocycles. The van der Waals surface area contributed by atoms with Gasteiger partial charge < -0.3 is 0 Å². The van der Waals surface area contributed by atoms with Crippen LogP contribution in [0.5, 0.6) is 0 Å². The Kier molecular flexibility index (Phi) is 3.78. The molecule has 0 nitrogen and oxygen atoms in total. The lowest BCUT2D eigenvalue weighted by molar-refractivity contribution is 0.729. The molecule has 78 valence electrons. The van der Waals surface area contributed by atoms with E-state index in [0.29, 0.717) is 5.04 Å². The van der Waals surface area contributed by atoms with Gasteiger partial charge >= 0.3 is 0 Å². The molecule has 0 unspecified atom stereocenters. The maximum absolute atomic E-state index is 2.55. The van der Waals surface area contributed by atoms with Crippen LogP contribution in [0.3, 0.4) is 0 Å². The van der Waals surface area contributed by atoms with Crippen LogP contribution in [0.2, 0.25) is 37.8 Å². The zero-order chi connectivity index (χ0) is 10.9. The molecule has 0 bridgehead atoms. The summed E-state index contributed by atoms with van der Waals surface area (Å²) in [6.07, 6.45) is 0. The Morgan fingerprint density at radius 2 is 1.15 bits per heavy atom.